The van der Waals surface area contributed by atoms with Gasteiger partial charge >= 0.3 is 0 Å². The minimum atomic E-state index is -0.396. The van der Waals surface area contributed by atoms with Gasteiger partial charge in [-0.15, -0.1) is 0 Å². The van der Waals surface area contributed by atoms with Gasteiger partial charge in [-0.3, -0.25) is 4.79 Å². The first-order chi connectivity index (χ1) is 7.97. The number of rotatable bonds is 3. The van der Waals surface area contributed by atoms with Crippen LogP contribution in [-0.2, 0) is 0 Å². The number of likely N-dealkylation sites (N-methyl/N-ethyl adjacent to an activating group) is 1. The molecule has 3 N–H and O–H groups in total. The van der Waals surface area contributed by atoms with E-state index in [1.165, 1.54) is 11.9 Å². The molecule has 0 saturated carbocycles. The zero-order chi connectivity index (χ0) is 13.0. The maximum atomic E-state index is 12.0. The van der Waals surface area contributed by atoms with Crippen LogP contribution in [0.5, 0.6) is 0 Å². The van der Waals surface area contributed by atoms with Crippen molar-refractivity contribution in [1.29, 1.82) is 0 Å². The van der Waals surface area contributed by atoms with Crippen LogP contribution in [0, 0.1) is 0 Å². The molecule has 0 aliphatic rings. The highest BCUT2D eigenvalue weighted by atomic mass is 35.5. The Bertz CT molecular complexity index is 443. The fourth-order valence-corrected chi connectivity index (χ4v) is 1.80. The van der Waals surface area contributed by atoms with Gasteiger partial charge in [-0.1, -0.05) is 34.4 Å². The first-order valence-corrected chi connectivity index (χ1v) is 5.38. The van der Waals surface area contributed by atoms with Crippen molar-refractivity contribution in [2.24, 2.45) is 10.9 Å². The monoisotopic (exact) mass is 275 g/mol. The van der Waals surface area contributed by atoms with E-state index < -0.39 is 5.91 Å². The van der Waals surface area contributed by atoms with E-state index >= 15 is 0 Å². The smallest absolute Gasteiger partial charge is 0.257 e. The SMILES string of the molecule is CN(CC(N)=NO)C(=O)c1c(Cl)cccc1Cl. The highest BCUT2D eigenvalue weighted by Crippen LogP contribution is 2.25. The van der Waals surface area contributed by atoms with Crippen molar-refractivity contribution in [3.05, 3.63) is 33.8 Å². The van der Waals surface area contributed by atoms with Gasteiger partial charge in [0.2, 0.25) is 0 Å². The fourth-order valence-electron chi connectivity index (χ4n) is 1.24. The predicted octanol–water partition coefficient (Wildman–Crippen LogP) is 1.81. The second-order valence-electron chi connectivity index (χ2n) is 3.35. The molecule has 0 unspecified atom stereocenters. The summed E-state index contributed by atoms with van der Waals surface area (Å²) in [5.74, 6) is -0.476. The van der Waals surface area contributed by atoms with E-state index in [1.54, 1.807) is 18.2 Å². The van der Waals surface area contributed by atoms with Crippen LogP contribution < -0.4 is 5.73 Å². The summed E-state index contributed by atoms with van der Waals surface area (Å²) in [7, 11) is 1.50. The zero-order valence-corrected chi connectivity index (χ0v) is 10.5. The van der Waals surface area contributed by atoms with Crippen LogP contribution in [0.2, 0.25) is 10.0 Å². The van der Waals surface area contributed by atoms with Crippen LogP contribution in [-0.4, -0.2) is 35.4 Å². The van der Waals surface area contributed by atoms with Gasteiger partial charge in [0, 0.05) is 7.05 Å². The Hall–Kier alpha value is -1.46. The molecule has 0 bridgehead atoms. The van der Waals surface area contributed by atoms with E-state index in [0.717, 1.165) is 0 Å². The van der Waals surface area contributed by atoms with Crippen LogP contribution in [0.1, 0.15) is 10.4 Å². The Morgan fingerprint density at radius 2 is 2.00 bits per heavy atom. The van der Waals surface area contributed by atoms with Crippen LogP contribution in [0.15, 0.2) is 23.4 Å². The molecular formula is C10H11Cl2N3O2. The van der Waals surface area contributed by atoms with Crippen LogP contribution in [0.25, 0.3) is 0 Å². The molecule has 1 rings (SSSR count). The maximum Gasteiger partial charge on any atom is 0.257 e. The van der Waals surface area contributed by atoms with E-state index in [2.05, 4.69) is 5.16 Å². The van der Waals surface area contributed by atoms with Gasteiger partial charge < -0.3 is 15.8 Å². The van der Waals surface area contributed by atoms with Crippen LogP contribution >= 0.6 is 23.2 Å². The first-order valence-electron chi connectivity index (χ1n) is 4.63. The van der Waals surface area contributed by atoms with Crippen molar-refractivity contribution in [1.82, 2.24) is 4.90 Å². The lowest BCUT2D eigenvalue weighted by Gasteiger charge is -2.17. The quantitative estimate of drug-likeness (QED) is 0.382. The Labute approximate surface area is 108 Å². The molecule has 0 saturated heterocycles. The minimum Gasteiger partial charge on any atom is -0.409 e. The van der Waals surface area contributed by atoms with Gasteiger partial charge in [-0.2, -0.15) is 0 Å². The molecule has 1 aromatic rings. The molecular weight excluding hydrogens is 265 g/mol. The molecule has 0 aliphatic heterocycles. The number of oxime groups is 1. The van der Waals surface area contributed by atoms with Crippen molar-refractivity contribution < 1.29 is 10.0 Å². The van der Waals surface area contributed by atoms with E-state index in [0.29, 0.717) is 0 Å². The number of halogens is 2. The standard InChI is InChI=1S/C10H11Cl2N3O2/c1-15(5-8(13)14-17)10(16)9-6(11)3-2-4-7(9)12/h2-4,17H,5H2,1H3,(H2,13,14). The van der Waals surface area contributed by atoms with Gasteiger partial charge in [-0.25, -0.2) is 0 Å². The summed E-state index contributed by atoms with van der Waals surface area (Å²) in [6.07, 6.45) is 0. The van der Waals surface area contributed by atoms with E-state index in [9.17, 15) is 4.79 Å². The lowest BCUT2D eigenvalue weighted by Crippen LogP contribution is -2.35. The molecule has 1 amide bonds. The number of carbonyl (C=O) groups is 1. The Balaban J connectivity index is 2.97. The third kappa shape index (κ3) is 3.25. The van der Waals surface area contributed by atoms with Gasteiger partial charge in [0.05, 0.1) is 22.2 Å². The fraction of sp³-hybridized carbons (Fsp3) is 0.200. The molecule has 17 heavy (non-hydrogen) atoms. The number of amidine groups is 1. The summed E-state index contributed by atoms with van der Waals surface area (Å²) in [6, 6.07) is 4.78. The van der Waals surface area contributed by atoms with E-state index in [-0.39, 0.29) is 28.0 Å². The van der Waals surface area contributed by atoms with Crippen molar-refractivity contribution in [3.8, 4) is 0 Å². The molecule has 0 heterocycles. The summed E-state index contributed by atoms with van der Waals surface area (Å²) in [5.41, 5.74) is 5.50. The predicted molar refractivity (Wildman–Crippen MR) is 66.8 cm³/mol. The lowest BCUT2D eigenvalue weighted by atomic mass is 10.2. The van der Waals surface area contributed by atoms with Crippen molar-refractivity contribution >= 4 is 34.9 Å². The number of hydrogen-bond acceptors (Lipinski definition) is 3. The highest BCUT2D eigenvalue weighted by molar-refractivity contribution is 6.39. The normalized spacial score (nSPS) is 11.4. The third-order valence-electron chi connectivity index (χ3n) is 2.05. The first kappa shape index (κ1) is 13.6. The summed E-state index contributed by atoms with van der Waals surface area (Å²) >= 11 is 11.8. The van der Waals surface area contributed by atoms with Gasteiger partial charge in [0.25, 0.3) is 5.91 Å². The van der Waals surface area contributed by atoms with Crippen LogP contribution in [0.4, 0.5) is 0 Å². The third-order valence-corrected chi connectivity index (χ3v) is 2.68. The molecule has 1 aromatic carbocycles. The van der Waals surface area contributed by atoms with Crippen molar-refractivity contribution in [2.45, 2.75) is 0 Å². The Kier molecular flexibility index (Phi) is 4.60. The number of amides is 1. The number of hydrogen-bond donors (Lipinski definition) is 2. The minimum absolute atomic E-state index is 0.0170. The van der Waals surface area contributed by atoms with E-state index in [4.69, 9.17) is 34.1 Å². The number of benzene rings is 1. The zero-order valence-electron chi connectivity index (χ0n) is 9.02. The molecule has 92 valence electrons. The Morgan fingerprint density at radius 3 is 2.47 bits per heavy atom. The molecule has 0 atom stereocenters. The van der Waals surface area contributed by atoms with Crippen LogP contribution in [0.3, 0.4) is 0 Å². The average Bonchev–Trinajstić information content (AvgIpc) is 2.28. The van der Waals surface area contributed by atoms with E-state index in [1.807, 2.05) is 0 Å². The molecule has 5 nitrogen and oxygen atoms in total. The Morgan fingerprint density at radius 1 is 1.47 bits per heavy atom. The topological polar surface area (TPSA) is 78.9 Å². The summed E-state index contributed by atoms with van der Waals surface area (Å²) < 4.78 is 0. The molecule has 0 fully saturated rings. The molecule has 0 spiro atoms. The van der Waals surface area contributed by atoms with Gasteiger partial charge in [0.15, 0.2) is 5.84 Å². The lowest BCUT2D eigenvalue weighted by molar-refractivity contribution is 0.0814. The van der Waals surface area contributed by atoms with Gasteiger partial charge in [0.1, 0.15) is 0 Å². The second kappa shape index (κ2) is 5.75. The molecule has 0 radical (unpaired) electrons. The molecule has 0 aromatic heterocycles. The highest BCUT2D eigenvalue weighted by Gasteiger charge is 2.19. The number of nitrogens with zero attached hydrogens (tertiary/aromatic N) is 2. The number of nitrogens with two attached hydrogens (primary N) is 1. The second-order valence-corrected chi connectivity index (χ2v) is 4.16. The number of carbonyl (C=O) groups excluding carboxylic acids is 1. The molecule has 0 aliphatic carbocycles. The molecule has 7 heteroatoms. The maximum absolute atomic E-state index is 12.0. The van der Waals surface area contributed by atoms with Crippen molar-refractivity contribution in [3.63, 3.8) is 0 Å². The van der Waals surface area contributed by atoms with Gasteiger partial charge in [-0.05, 0) is 12.1 Å². The summed E-state index contributed by atoms with van der Waals surface area (Å²) in [4.78, 5) is 13.3. The summed E-state index contributed by atoms with van der Waals surface area (Å²) in [6.45, 7) is -0.0170. The average molecular weight is 276 g/mol. The largest absolute Gasteiger partial charge is 0.409 e. The van der Waals surface area contributed by atoms with Crippen molar-refractivity contribution in [2.75, 3.05) is 13.6 Å². The summed E-state index contributed by atoms with van der Waals surface area (Å²) in [5, 5.41) is 11.7.